The number of carbonyl (C=O) groups excluding carboxylic acids is 1. The highest BCUT2D eigenvalue weighted by atomic mass is 19.3. The highest BCUT2D eigenvalue weighted by Crippen LogP contribution is 2.12. The highest BCUT2D eigenvalue weighted by Gasteiger charge is 2.29. The van der Waals surface area contributed by atoms with Gasteiger partial charge in [-0.3, -0.25) is 4.79 Å². The lowest BCUT2D eigenvalue weighted by Crippen LogP contribution is -2.21. The molecule has 0 unspecified atom stereocenters. The van der Waals surface area contributed by atoms with E-state index in [1.165, 1.54) is 0 Å². The van der Waals surface area contributed by atoms with Crippen LogP contribution in [0.4, 0.5) is 8.78 Å². The molecule has 0 aliphatic heterocycles. The SMILES string of the molecule is CCOC=CC(=O)C(C)(F)F. The summed E-state index contributed by atoms with van der Waals surface area (Å²) in [6, 6.07) is 0. The van der Waals surface area contributed by atoms with Crippen molar-refractivity contribution >= 4 is 5.78 Å². The molecule has 11 heavy (non-hydrogen) atoms. The molecule has 0 aromatic carbocycles. The molecule has 0 rings (SSSR count). The maximum atomic E-state index is 12.1. The molecule has 0 saturated heterocycles. The van der Waals surface area contributed by atoms with Gasteiger partial charge in [0.05, 0.1) is 12.9 Å². The third kappa shape index (κ3) is 4.47. The van der Waals surface area contributed by atoms with Crippen molar-refractivity contribution in [3.63, 3.8) is 0 Å². The molecule has 0 aliphatic rings. The van der Waals surface area contributed by atoms with Gasteiger partial charge in [-0.1, -0.05) is 0 Å². The molecule has 0 N–H and O–H groups in total. The van der Waals surface area contributed by atoms with E-state index in [9.17, 15) is 13.6 Å². The van der Waals surface area contributed by atoms with E-state index in [1.54, 1.807) is 6.92 Å². The van der Waals surface area contributed by atoms with E-state index in [1.807, 2.05) is 0 Å². The van der Waals surface area contributed by atoms with Crippen LogP contribution >= 0.6 is 0 Å². The minimum atomic E-state index is -3.30. The molecule has 0 aromatic rings. The Balaban J connectivity index is 3.88. The van der Waals surface area contributed by atoms with Crippen molar-refractivity contribution in [1.82, 2.24) is 0 Å². The fourth-order valence-corrected chi connectivity index (χ4v) is 0.352. The lowest BCUT2D eigenvalue weighted by atomic mass is 10.2. The third-order valence-electron chi connectivity index (χ3n) is 0.915. The first kappa shape index (κ1) is 10.1. The summed E-state index contributed by atoms with van der Waals surface area (Å²) in [6.45, 7) is 2.60. The third-order valence-corrected chi connectivity index (χ3v) is 0.915. The first-order valence-electron chi connectivity index (χ1n) is 3.19. The van der Waals surface area contributed by atoms with Gasteiger partial charge in [-0.05, 0) is 6.92 Å². The summed E-state index contributed by atoms with van der Waals surface area (Å²) >= 11 is 0. The predicted molar refractivity (Wildman–Crippen MR) is 36.4 cm³/mol. The number of hydrogen-bond donors (Lipinski definition) is 0. The smallest absolute Gasteiger partial charge is 0.306 e. The molecule has 0 bridgehead atoms. The van der Waals surface area contributed by atoms with Gasteiger partial charge in [0.1, 0.15) is 0 Å². The molecule has 0 spiro atoms. The van der Waals surface area contributed by atoms with Gasteiger partial charge in [0.25, 0.3) is 0 Å². The predicted octanol–water partition coefficient (Wildman–Crippen LogP) is 1.76. The van der Waals surface area contributed by atoms with E-state index in [-0.39, 0.29) is 0 Å². The molecule has 64 valence electrons. The molecule has 4 heteroatoms. The number of allylic oxidation sites excluding steroid dienone is 1. The van der Waals surface area contributed by atoms with Crippen LogP contribution in [0.2, 0.25) is 0 Å². The van der Waals surface area contributed by atoms with Crippen molar-refractivity contribution in [2.75, 3.05) is 6.61 Å². The summed E-state index contributed by atoms with van der Waals surface area (Å²) < 4.78 is 28.7. The lowest BCUT2D eigenvalue weighted by Gasteiger charge is -2.03. The zero-order valence-electron chi connectivity index (χ0n) is 6.43. The van der Waals surface area contributed by atoms with E-state index in [0.717, 1.165) is 12.3 Å². The minimum Gasteiger partial charge on any atom is -0.501 e. The Hall–Kier alpha value is -0.930. The van der Waals surface area contributed by atoms with Crippen molar-refractivity contribution in [1.29, 1.82) is 0 Å². The molecule has 0 aliphatic carbocycles. The molecule has 2 nitrogen and oxygen atoms in total. The Morgan fingerprint density at radius 2 is 2.18 bits per heavy atom. The second kappa shape index (κ2) is 4.05. The van der Waals surface area contributed by atoms with Crippen molar-refractivity contribution in [2.45, 2.75) is 19.8 Å². The summed E-state index contributed by atoms with van der Waals surface area (Å²) in [5, 5.41) is 0. The number of ether oxygens (including phenoxy) is 1. The summed E-state index contributed by atoms with van der Waals surface area (Å²) in [5.41, 5.74) is 0. The number of halogens is 2. The van der Waals surface area contributed by atoms with Crippen LogP contribution < -0.4 is 0 Å². The largest absolute Gasteiger partial charge is 0.501 e. The quantitative estimate of drug-likeness (QED) is 0.467. The standard InChI is InChI=1S/C7H10F2O2/c1-3-11-5-4-6(10)7(2,8)9/h4-5H,3H2,1-2H3. The number of ketones is 1. The van der Waals surface area contributed by atoms with E-state index in [4.69, 9.17) is 0 Å². The van der Waals surface area contributed by atoms with Crippen molar-refractivity contribution in [2.24, 2.45) is 0 Å². The Labute approximate surface area is 63.8 Å². The van der Waals surface area contributed by atoms with Gasteiger partial charge in [0.2, 0.25) is 5.78 Å². The fourth-order valence-electron chi connectivity index (χ4n) is 0.352. The maximum Gasteiger partial charge on any atom is 0.306 e. The van der Waals surface area contributed by atoms with Gasteiger partial charge >= 0.3 is 5.92 Å². The summed E-state index contributed by atoms with van der Waals surface area (Å²) in [6.07, 6.45) is 1.70. The second-order valence-electron chi connectivity index (χ2n) is 2.01. The summed E-state index contributed by atoms with van der Waals surface area (Å²) in [5.74, 6) is -4.54. The number of carbonyl (C=O) groups is 1. The Morgan fingerprint density at radius 3 is 2.55 bits per heavy atom. The first-order chi connectivity index (χ1) is 4.98. The zero-order valence-corrected chi connectivity index (χ0v) is 6.43. The average Bonchev–Trinajstić information content (AvgIpc) is 1.86. The highest BCUT2D eigenvalue weighted by molar-refractivity contribution is 5.95. The minimum absolute atomic E-state index is 0.360. The van der Waals surface area contributed by atoms with Crippen LogP contribution in [0.25, 0.3) is 0 Å². The Bertz CT molecular complexity index is 158. The maximum absolute atomic E-state index is 12.1. The molecule has 0 amide bonds. The van der Waals surface area contributed by atoms with Crippen molar-refractivity contribution in [3.05, 3.63) is 12.3 Å². The van der Waals surface area contributed by atoms with E-state index < -0.39 is 11.7 Å². The normalized spacial score (nSPS) is 12.0. The van der Waals surface area contributed by atoms with Gasteiger partial charge in [-0.15, -0.1) is 0 Å². The van der Waals surface area contributed by atoms with Crippen molar-refractivity contribution < 1.29 is 18.3 Å². The molecule has 0 aromatic heterocycles. The van der Waals surface area contributed by atoms with E-state index >= 15 is 0 Å². The van der Waals surface area contributed by atoms with Gasteiger partial charge in [0.15, 0.2) is 0 Å². The second-order valence-corrected chi connectivity index (χ2v) is 2.01. The van der Waals surface area contributed by atoms with Crippen LogP contribution in [0, 0.1) is 0 Å². The van der Waals surface area contributed by atoms with Gasteiger partial charge in [-0.2, -0.15) is 8.78 Å². The molecule has 0 fully saturated rings. The monoisotopic (exact) mass is 164 g/mol. The molecule has 0 saturated carbocycles. The van der Waals surface area contributed by atoms with Gasteiger partial charge in [-0.25, -0.2) is 0 Å². The zero-order chi connectivity index (χ0) is 8.91. The van der Waals surface area contributed by atoms with Crippen LogP contribution in [-0.4, -0.2) is 18.3 Å². The molecular weight excluding hydrogens is 154 g/mol. The fraction of sp³-hybridized carbons (Fsp3) is 0.571. The number of rotatable bonds is 4. The van der Waals surface area contributed by atoms with Crippen LogP contribution in [0.1, 0.15) is 13.8 Å². The Morgan fingerprint density at radius 1 is 1.64 bits per heavy atom. The lowest BCUT2D eigenvalue weighted by molar-refractivity contribution is -0.135. The van der Waals surface area contributed by atoms with Crippen molar-refractivity contribution in [3.8, 4) is 0 Å². The molecular formula is C7H10F2O2. The topological polar surface area (TPSA) is 26.3 Å². The molecule has 0 heterocycles. The number of hydrogen-bond acceptors (Lipinski definition) is 2. The Kier molecular flexibility index (Phi) is 3.71. The van der Waals surface area contributed by atoms with Crippen LogP contribution in [0.15, 0.2) is 12.3 Å². The van der Waals surface area contributed by atoms with E-state index in [0.29, 0.717) is 13.5 Å². The van der Waals surface area contributed by atoms with Gasteiger partial charge < -0.3 is 4.74 Å². The summed E-state index contributed by atoms with van der Waals surface area (Å²) in [7, 11) is 0. The van der Waals surface area contributed by atoms with Crippen LogP contribution in [-0.2, 0) is 9.53 Å². The molecule has 0 radical (unpaired) electrons. The van der Waals surface area contributed by atoms with Crippen LogP contribution in [0.3, 0.4) is 0 Å². The first-order valence-corrected chi connectivity index (χ1v) is 3.19. The molecule has 0 atom stereocenters. The average molecular weight is 164 g/mol. The van der Waals surface area contributed by atoms with Crippen LogP contribution in [0.5, 0.6) is 0 Å². The summed E-state index contributed by atoms with van der Waals surface area (Å²) in [4.78, 5) is 10.4. The van der Waals surface area contributed by atoms with E-state index in [2.05, 4.69) is 4.74 Å². The van der Waals surface area contributed by atoms with Gasteiger partial charge in [0, 0.05) is 13.0 Å². The number of alkyl halides is 2.